The Bertz CT molecular complexity index is 734. The topological polar surface area (TPSA) is 67.1 Å². The molecule has 6 nitrogen and oxygen atoms in total. The molecular formula is C12H11F3N6. The van der Waals surface area contributed by atoms with Crippen molar-refractivity contribution in [2.45, 2.75) is 12.2 Å². The normalized spacial score (nSPS) is 25.0. The fourth-order valence-electron chi connectivity index (χ4n) is 2.85. The molecule has 21 heavy (non-hydrogen) atoms. The highest BCUT2D eigenvalue weighted by Crippen LogP contribution is 2.34. The van der Waals surface area contributed by atoms with E-state index in [1.165, 1.54) is 6.07 Å². The van der Waals surface area contributed by atoms with E-state index in [1.54, 1.807) is 6.07 Å². The van der Waals surface area contributed by atoms with Gasteiger partial charge in [0.15, 0.2) is 5.65 Å². The second-order valence-electron chi connectivity index (χ2n) is 5.14. The Morgan fingerprint density at radius 3 is 2.86 bits per heavy atom. The van der Waals surface area contributed by atoms with Crippen molar-refractivity contribution >= 4 is 5.65 Å². The molecule has 0 saturated carbocycles. The van der Waals surface area contributed by atoms with Crippen LogP contribution in [0.15, 0.2) is 23.9 Å². The van der Waals surface area contributed by atoms with E-state index < -0.39 is 12.0 Å². The largest absolute Gasteiger partial charge is 0.453 e. The summed E-state index contributed by atoms with van der Waals surface area (Å²) in [5, 5.41) is 17.2. The lowest BCUT2D eigenvalue weighted by Crippen LogP contribution is -2.20. The van der Waals surface area contributed by atoms with Crippen molar-refractivity contribution in [3.63, 3.8) is 0 Å². The van der Waals surface area contributed by atoms with Gasteiger partial charge in [-0.1, -0.05) is 0 Å². The molecule has 0 amide bonds. The first-order valence-electron chi connectivity index (χ1n) is 6.50. The molecule has 0 aromatic carbocycles. The predicted octanol–water partition coefficient (Wildman–Crippen LogP) is 0.891. The van der Waals surface area contributed by atoms with Crippen LogP contribution in [0.2, 0.25) is 0 Å². The maximum Gasteiger partial charge on any atom is 0.453 e. The van der Waals surface area contributed by atoms with Crippen LogP contribution in [0.4, 0.5) is 13.2 Å². The van der Waals surface area contributed by atoms with Gasteiger partial charge in [-0.15, -0.1) is 10.2 Å². The predicted molar refractivity (Wildman–Crippen MR) is 66.1 cm³/mol. The van der Waals surface area contributed by atoms with Gasteiger partial charge in [0.2, 0.25) is 0 Å². The van der Waals surface area contributed by atoms with E-state index in [0.29, 0.717) is 11.6 Å². The van der Waals surface area contributed by atoms with Gasteiger partial charge in [0, 0.05) is 19.0 Å². The first-order chi connectivity index (χ1) is 10.0. The molecule has 1 fully saturated rings. The van der Waals surface area contributed by atoms with Gasteiger partial charge in [-0.2, -0.15) is 22.8 Å². The lowest BCUT2D eigenvalue weighted by Gasteiger charge is -2.12. The molecule has 2 aromatic rings. The number of alkyl halides is 3. The highest BCUT2D eigenvalue weighted by Gasteiger charge is 2.39. The van der Waals surface area contributed by atoms with Crippen molar-refractivity contribution in [3.8, 4) is 0 Å². The molecule has 0 bridgehead atoms. The van der Waals surface area contributed by atoms with Crippen LogP contribution in [-0.2, 0) is 6.18 Å². The molecule has 9 heteroatoms. The van der Waals surface area contributed by atoms with E-state index in [2.05, 4.69) is 25.9 Å². The quantitative estimate of drug-likeness (QED) is 0.818. The van der Waals surface area contributed by atoms with Gasteiger partial charge in [0.25, 0.3) is 5.82 Å². The molecule has 0 radical (unpaired) electrons. The van der Waals surface area contributed by atoms with Crippen molar-refractivity contribution in [3.05, 3.63) is 35.4 Å². The maximum atomic E-state index is 12.9. The van der Waals surface area contributed by atoms with Crippen molar-refractivity contribution in [2.75, 3.05) is 13.1 Å². The van der Waals surface area contributed by atoms with E-state index in [0.717, 1.165) is 23.2 Å². The van der Waals surface area contributed by atoms with Crippen LogP contribution in [0.1, 0.15) is 17.6 Å². The highest BCUT2D eigenvalue weighted by atomic mass is 19.4. The van der Waals surface area contributed by atoms with Crippen LogP contribution in [0.5, 0.6) is 0 Å². The smallest absolute Gasteiger partial charge is 0.390 e. The summed E-state index contributed by atoms with van der Waals surface area (Å²) in [6.45, 7) is 1.64. The van der Waals surface area contributed by atoms with Crippen LogP contribution in [-0.4, -0.2) is 32.9 Å². The van der Waals surface area contributed by atoms with Crippen LogP contribution in [0.25, 0.3) is 5.65 Å². The van der Waals surface area contributed by atoms with E-state index in [1.807, 2.05) is 6.20 Å². The molecule has 2 N–H and O–H groups in total. The van der Waals surface area contributed by atoms with Gasteiger partial charge in [-0.25, -0.2) is 0 Å². The van der Waals surface area contributed by atoms with Crippen molar-refractivity contribution in [1.29, 1.82) is 0 Å². The lowest BCUT2D eigenvalue weighted by atomic mass is 9.99. The number of hydrogen-bond donors (Lipinski definition) is 2. The highest BCUT2D eigenvalue weighted by molar-refractivity contribution is 5.39. The molecule has 2 unspecified atom stereocenters. The monoisotopic (exact) mass is 296 g/mol. The Morgan fingerprint density at radius 2 is 2.05 bits per heavy atom. The molecule has 0 aliphatic carbocycles. The zero-order chi connectivity index (χ0) is 14.6. The minimum Gasteiger partial charge on any atom is -0.390 e. The third-order valence-corrected chi connectivity index (χ3v) is 3.84. The van der Waals surface area contributed by atoms with Crippen LogP contribution >= 0.6 is 0 Å². The molecule has 110 valence electrons. The Kier molecular flexibility index (Phi) is 2.49. The molecule has 1 saturated heterocycles. The minimum atomic E-state index is -4.58. The number of nitrogens with zero attached hydrogens (tertiary/aromatic N) is 4. The summed E-state index contributed by atoms with van der Waals surface area (Å²) in [5.41, 5.74) is 1.74. The zero-order valence-electron chi connectivity index (χ0n) is 10.7. The first kappa shape index (κ1) is 12.6. The summed E-state index contributed by atoms with van der Waals surface area (Å²) in [6, 6.07) is 3.02. The molecule has 2 aliphatic rings. The fourth-order valence-corrected chi connectivity index (χ4v) is 2.85. The van der Waals surface area contributed by atoms with Gasteiger partial charge >= 0.3 is 6.18 Å². The molecule has 0 spiro atoms. The number of fused-ring (bicyclic) bond motifs is 2. The van der Waals surface area contributed by atoms with Crippen LogP contribution in [0.3, 0.4) is 0 Å². The summed E-state index contributed by atoms with van der Waals surface area (Å²) < 4.78 is 39.4. The van der Waals surface area contributed by atoms with Crippen LogP contribution in [0, 0.1) is 5.92 Å². The second kappa shape index (κ2) is 4.17. The number of aromatic nitrogens is 4. The molecular weight excluding hydrogens is 285 g/mol. The SMILES string of the molecule is FC(F)(F)c1nnc2ccc(C3NCC4CNC=C43)nn12. The molecule has 4 rings (SSSR count). The van der Waals surface area contributed by atoms with Gasteiger partial charge in [0.1, 0.15) is 0 Å². The number of hydrogen-bond acceptors (Lipinski definition) is 5. The summed E-state index contributed by atoms with van der Waals surface area (Å²) in [5.74, 6) is -0.733. The zero-order valence-corrected chi connectivity index (χ0v) is 10.7. The second-order valence-corrected chi connectivity index (χ2v) is 5.14. The average molecular weight is 296 g/mol. The van der Waals surface area contributed by atoms with Crippen molar-refractivity contribution in [1.82, 2.24) is 30.4 Å². The van der Waals surface area contributed by atoms with Gasteiger partial charge < -0.3 is 10.6 Å². The van der Waals surface area contributed by atoms with Crippen molar-refractivity contribution < 1.29 is 13.2 Å². The maximum absolute atomic E-state index is 12.9. The van der Waals surface area contributed by atoms with Crippen LogP contribution < -0.4 is 10.6 Å². The first-order valence-corrected chi connectivity index (χ1v) is 6.50. The Hall–Kier alpha value is -2.16. The van der Waals surface area contributed by atoms with Gasteiger partial charge in [0.05, 0.1) is 11.7 Å². The lowest BCUT2D eigenvalue weighted by molar-refractivity contribution is -0.146. The molecule has 2 atom stereocenters. The fraction of sp³-hybridized carbons (Fsp3) is 0.417. The van der Waals surface area contributed by atoms with E-state index >= 15 is 0 Å². The minimum absolute atomic E-state index is 0.0825. The number of rotatable bonds is 1. The Balaban J connectivity index is 1.80. The van der Waals surface area contributed by atoms with E-state index in [4.69, 9.17) is 0 Å². The Morgan fingerprint density at radius 1 is 1.19 bits per heavy atom. The summed E-state index contributed by atoms with van der Waals surface area (Å²) in [4.78, 5) is 0. The Labute approximate surface area is 117 Å². The molecule has 2 aliphatic heterocycles. The standard InChI is InChI=1S/C12H11F3N6/c13-12(14,15)11-19-18-9-2-1-8(20-21(9)11)10-7-5-16-3-6(7)4-17-10/h1-2,5-6,10,16-17H,3-4H2. The number of nitrogens with one attached hydrogen (secondary N) is 2. The molecule has 4 heterocycles. The van der Waals surface area contributed by atoms with Crippen molar-refractivity contribution in [2.24, 2.45) is 5.92 Å². The third kappa shape index (κ3) is 1.88. The average Bonchev–Trinajstić information content (AvgIpc) is 3.11. The number of halogens is 3. The van der Waals surface area contributed by atoms with E-state index in [9.17, 15) is 13.2 Å². The van der Waals surface area contributed by atoms with E-state index in [-0.39, 0.29) is 11.7 Å². The van der Waals surface area contributed by atoms with Gasteiger partial charge in [-0.3, -0.25) is 0 Å². The van der Waals surface area contributed by atoms with Gasteiger partial charge in [-0.05, 0) is 23.9 Å². The third-order valence-electron chi connectivity index (χ3n) is 3.84. The summed E-state index contributed by atoms with van der Waals surface area (Å²) in [7, 11) is 0. The molecule has 2 aromatic heterocycles. The summed E-state index contributed by atoms with van der Waals surface area (Å²) >= 11 is 0. The summed E-state index contributed by atoms with van der Waals surface area (Å²) in [6.07, 6.45) is -2.66.